The Labute approximate surface area is 99.3 Å². The molecule has 0 aliphatic rings. The number of fused-ring (bicyclic) bond motifs is 1. The number of anilines is 1. The molecule has 0 amide bonds. The first kappa shape index (κ1) is 9.90. The zero-order chi connectivity index (χ0) is 11.8. The van der Waals surface area contributed by atoms with Gasteiger partial charge < -0.3 is 10.7 Å². The van der Waals surface area contributed by atoms with Crippen molar-refractivity contribution in [1.82, 2.24) is 9.97 Å². The van der Waals surface area contributed by atoms with Crippen LogP contribution in [0, 0.1) is 6.92 Å². The van der Waals surface area contributed by atoms with Crippen molar-refractivity contribution in [1.29, 1.82) is 0 Å². The molecule has 0 saturated carbocycles. The fourth-order valence-electron chi connectivity index (χ4n) is 1.95. The van der Waals surface area contributed by atoms with Crippen molar-refractivity contribution < 1.29 is 0 Å². The molecular formula is C14H13N3. The van der Waals surface area contributed by atoms with Gasteiger partial charge in [-0.1, -0.05) is 12.1 Å². The highest BCUT2D eigenvalue weighted by Crippen LogP contribution is 2.22. The first-order valence-corrected chi connectivity index (χ1v) is 5.55. The van der Waals surface area contributed by atoms with Crippen molar-refractivity contribution >= 4 is 16.7 Å². The van der Waals surface area contributed by atoms with E-state index in [2.05, 4.69) is 23.0 Å². The van der Waals surface area contributed by atoms with Crippen LogP contribution in [-0.4, -0.2) is 9.97 Å². The van der Waals surface area contributed by atoms with Crippen molar-refractivity contribution in [3.63, 3.8) is 0 Å². The summed E-state index contributed by atoms with van der Waals surface area (Å²) in [6.45, 7) is 2.08. The molecule has 3 aromatic rings. The van der Waals surface area contributed by atoms with Gasteiger partial charge in [-0.15, -0.1) is 0 Å². The van der Waals surface area contributed by atoms with Crippen LogP contribution in [0.2, 0.25) is 0 Å². The lowest BCUT2D eigenvalue weighted by Gasteiger charge is -1.96. The van der Waals surface area contributed by atoms with Crippen molar-refractivity contribution in [3.8, 4) is 11.4 Å². The molecule has 2 aromatic carbocycles. The Bertz CT molecular complexity index is 666. The van der Waals surface area contributed by atoms with Crippen LogP contribution in [0.15, 0.2) is 42.5 Å². The predicted octanol–water partition coefficient (Wildman–Crippen LogP) is 3.12. The monoisotopic (exact) mass is 223 g/mol. The minimum Gasteiger partial charge on any atom is -0.399 e. The number of hydrogen-bond acceptors (Lipinski definition) is 2. The Kier molecular flexibility index (Phi) is 2.11. The van der Waals surface area contributed by atoms with E-state index in [9.17, 15) is 0 Å². The number of aromatic amines is 1. The number of nitrogen functional groups attached to an aromatic ring is 1. The Morgan fingerprint density at radius 2 is 1.82 bits per heavy atom. The summed E-state index contributed by atoms with van der Waals surface area (Å²) in [4.78, 5) is 7.92. The van der Waals surface area contributed by atoms with Crippen molar-refractivity contribution in [2.24, 2.45) is 0 Å². The van der Waals surface area contributed by atoms with Crippen LogP contribution in [0.25, 0.3) is 22.4 Å². The number of nitrogens with two attached hydrogens (primary N) is 1. The second-order valence-electron chi connectivity index (χ2n) is 4.18. The normalized spacial score (nSPS) is 10.9. The Morgan fingerprint density at radius 1 is 1.06 bits per heavy atom. The zero-order valence-electron chi connectivity index (χ0n) is 9.57. The van der Waals surface area contributed by atoms with Gasteiger partial charge in [-0.3, -0.25) is 0 Å². The minimum absolute atomic E-state index is 0.765. The van der Waals surface area contributed by atoms with Gasteiger partial charge in [0.25, 0.3) is 0 Å². The molecule has 0 bridgehead atoms. The fourth-order valence-corrected chi connectivity index (χ4v) is 1.95. The lowest BCUT2D eigenvalue weighted by Crippen LogP contribution is -1.84. The van der Waals surface area contributed by atoms with Gasteiger partial charge in [0.05, 0.1) is 11.0 Å². The highest BCUT2D eigenvalue weighted by atomic mass is 14.9. The summed E-state index contributed by atoms with van der Waals surface area (Å²) in [6.07, 6.45) is 0. The summed E-state index contributed by atoms with van der Waals surface area (Å²) in [5.41, 5.74) is 10.8. The van der Waals surface area contributed by atoms with E-state index < -0.39 is 0 Å². The standard InChI is InChI=1S/C14H13N3/c1-9-3-2-4-12-13(9)17-14(16-12)10-5-7-11(15)8-6-10/h2-8H,15H2,1H3,(H,16,17). The third-order valence-electron chi connectivity index (χ3n) is 2.91. The number of aromatic nitrogens is 2. The summed E-state index contributed by atoms with van der Waals surface area (Å²) in [7, 11) is 0. The predicted molar refractivity (Wildman–Crippen MR) is 70.7 cm³/mol. The number of para-hydroxylation sites is 1. The van der Waals surface area contributed by atoms with Gasteiger partial charge in [0.2, 0.25) is 0 Å². The fraction of sp³-hybridized carbons (Fsp3) is 0.0714. The molecule has 0 fully saturated rings. The lowest BCUT2D eigenvalue weighted by atomic mass is 10.2. The first-order valence-electron chi connectivity index (χ1n) is 5.55. The maximum absolute atomic E-state index is 5.67. The first-order chi connectivity index (χ1) is 8.24. The highest BCUT2D eigenvalue weighted by Gasteiger charge is 2.06. The number of nitrogens with one attached hydrogen (secondary N) is 1. The second kappa shape index (κ2) is 3.63. The molecule has 0 saturated heterocycles. The number of nitrogens with zero attached hydrogens (tertiary/aromatic N) is 1. The van der Waals surface area contributed by atoms with E-state index in [4.69, 9.17) is 5.73 Å². The molecule has 1 heterocycles. The van der Waals surface area contributed by atoms with Crippen LogP contribution in [-0.2, 0) is 0 Å². The molecule has 0 atom stereocenters. The Balaban J connectivity index is 2.18. The summed E-state index contributed by atoms with van der Waals surface area (Å²) < 4.78 is 0. The van der Waals surface area contributed by atoms with E-state index in [1.165, 1.54) is 5.56 Å². The molecule has 0 aliphatic carbocycles. The van der Waals surface area contributed by atoms with E-state index >= 15 is 0 Å². The molecule has 0 unspecified atom stereocenters. The quantitative estimate of drug-likeness (QED) is 0.623. The maximum atomic E-state index is 5.67. The third kappa shape index (κ3) is 1.65. The van der Waals surface area contributed by atoms with Gasteiger partial charge in [-0.2, -0.15) is 0 Å². The van der Waals surface area contributed by atoms with Crippen LogP contribution in [0.1, 0.15) is 5.56 Å². The summed E-state index contributed by atoms with van der Waals surface area (Å²) >= 11 is 0. The molecule has 0 radical (unpaired) electrons. The third-order valence-corrected chi connectivity index (χ3v) is 2.91. The van der Waals surface area contributed by atoms with E-state index in [1.54, 1.807) is 0 Å². The molecule has 0 aliphatic heterocycles. The average molecular weight is 223 g/mol. The highest BCUT2D eigenvalue weighted by molar-refractivity contribution is 5.82. The van der Waals surface area contributed by atoms with E-state index in [1.807, 2.05) is 36.4 Å². The summed E-state index contributed by atoms with van der Waals surface area (Å²) in [5.74, 6) is 0.884. The number of benzene rings is 2. The van der Waals surface area contributed by atoms with Gasteiger partial charge in [0, 0.05) is 11.3 Å². The Morgan fingerprint density at radius 3 is 2.53 bits per heavy atom. The molecule has 17 heavy (non-hydrogen) atoms. The smallest absolute Gasteiger partial charge is 0.138 e. The van der Waals surface area contributed by atoms with Gasteiger partial charge >= 0.3 is 0 Å². The van der Waals surface area contributed by atoms with Crippen molar-refractivity contribution in [2.45, 2.75) is 6.92 Å². The summed E-state index contributed by atoms with van der Waals surface area (Å²) in [6, 6.07) is 13.8. The molecular weight excluding hydrogens is 210 g/mol. The molecule has 0 spiro atoms. The second-order valence-corrected chi connectivity index (χ2v) is 4.18. The molecule has 84 valence electrons. The van der Waals surface area contributed by atoms with Crippen LogP contribution < -0.4 is 5.73 Å². The molecule has 3 rings (SSSR count). The van der Waals surface area contributed by atoms with Gasteiger partial charge in [0.15, 0.2) is 0 Å². The SMILES string of the molecule is Cc1cccc2nc(-c3ccc(N)cc3)[nH]c12. The van der Waals surface area contributed by atoms with Crippen LogP contribution in [0.4, 0.5) is 5.69 Å². The topological polar surface area (TPSA) is 54.7 Å². The molecule has 1 aromatic heterocycles. The Hall–Kier alpha value is -2.29. The minimum atomic E-state index is 0.765. The number of hydrogen-bond donors (Lipinski definition) is 2. The van der Waals surface area contributed by atoms with Crippen molar-refractivity contribution in [3.05, 3.63) is 48.0 Å². The van der Waals surface area contributed by atoms with Gasteiger partial charge in [-0.05, 0) is 42.8 Å². The van der Waals surface area contributed by atoms with Crippen molar-refractivity contribution in [2.75, 3.05) is 5.73 Å². The van der Waals surface area contributed by atoms with Gasteiger partial charge in [-0.25, -0.2) is 4.98 Å². The lowest BCUT2D eigenvalue weighted by molar-refractivity contribution is 1.33. The van der Waals surface area contributed by atoms with E-state index in [0.29, 0.717) is 0 Å². The average Bonchev–Trinajstić information content (AvgIpc) is 2.75. The largest absolute Gasteiger partial charge is 0.399 e. The number of rotatable bonds is 1. The van der Waals surface area contributed by atoms with E-state index in [0.717, 1.165) is 28.1 Å². The molecule has 3 nitrogen and oxygen atoms in total. The van der Waals surface area contributed by atoms with Crippen LogP contribution in [0.5, 0.6) is 0 Å². The molecule has 3 N–H and O–H groups in total. The van der Waals surface area contributed by atoms with Gasteiger partial charge in [0.1, 0.15) is 5.82 Å². The van der Waals surface area contributed by atoms with Crippen LogP contribution in [0.3, 0.4) is 0 Å². The zero-order valence-corrected chi connectivity index (χ0v) is 9.57. The number of H-pyrrole nitrogens is 1. The van der Waals surface area contributed by atoms with E-state index in [-0.39, 0.29) is 0 Å². The summed E-state index contributed by atoms with van der Waals surface area (Å²) in [5, 5.41) is 0. The number of aryl methyl sites for hydroxylation is 1. The van der Waals surface area contributed by atoms with Crippen LogP contribution >= 0.6 is 0 Å². The number of imidazole rings is 1. The molecule has 3 heteroatoms. The maximum Gasteiger partial charge on any atom is 0.138 e.